The molecule has 2 aromatic heterocycles. The molecular formula is C16H14FN3O3. The third kappa shape index (κ3) is 3.97. The van der Waals surface area contributed by atoms with Gasteiger partial charge in [0.15, 0.2) is 6.73 Å². The highest BCUT2D eigenvalue weighted by molar-refractivity contribution is 5.92. The average Bonchev–Trinajstić information content (AvgIpc) is 3.24. The van der Waals surface area contributed by atoms with Gasteiger partial charge in [-0.1, -0.05) is 0 Å². The zero-order valence-corrected chi connectivity index (χ0v) is 12.1. The number of carbonyl (C=O) groups is 1. The lowest BCUT2D eigenvalue weighted by Crippen LogP contribution is -2.23. The summed E-state index contributed by atoms with van der Waals surface area (Å²) in [6, 6.07) is 10.8. The molecule has 0 aliphatic heterocycles. The molecule has 2 heterocycles. The number of furan rings is 1. The van der Waals surface area contributed by atoms with E-state index >= 15 is 0 Å². The van der Waals surface area contributed by atoms with E-state index in [1.165, 1.54) is 28.9 Å². The van der Waals surface area contributed by atoms with Crippen LogP contribution in [0, 0.1) is 5.82 Å². The van der Waals surface area contributed by atoms with Gasteiger partial charge in [-0.3, -0.25) is 4.79 Å². The number of nitrogens with one attached hydrogen (secondary N) is 1. The predicted octanol–water partition coefficient (Wildman–Crippen LogP) is 2.58. The lowest BCUT2D eigenvalue weighted by Gasteiger charge is -2.05. The molecule has 3 rings (SSSR count). The van der Waals surface area contributed by atoms with Crippen LogP contribution in [0.5, 0.6) is 5.75 Å². The van der Waals surface area contributed by atoms with Crippen LogP contribution in [-0.2, 0) is 13.3 Å². The summed E-state index contributed by atoms with van der Waals surface area (Å²) >= 11 is 0. The maximum atomic E-state index is 12.8. The van der Waals surface area contributed by atoms with Gasteiger partial charge >= 0.3 is 0 Å². The predicted molar refractivity (Wildman–Crippen MR) is 79.1 cm³/mol. The van der Waals surface area contributed by atoms with E-state index in [1.807, 2.05) is 0 Å². The summed E-state index contributed by atoms with van der Waals surface area (Å²) < 4.78 is 24.8. The number of amides is 1. The van der Waals surface area contributed by atoms with E-state index < -0.39 is 0 Å². The second kappa shape index (κ2) is 6.78. The van der Waals surface area contributed by atoms with Crippen LogP contribution in [0.4, 0.5) is 4.39 Å². The molecule has 0 aliphatic rings. The SMILES string of the molecule is O=C(NCc1ccco1)c1ccn(COc2ccc(F)cc2)n1. The van der Waals surface area contributed by atoms with Crippen molar-refractivity contribution in [1.29, 1.82) is 0 Å². The molecule has 1 amide bonds. The summed E-state index contributed by atoms with van der Waals surface area (Å²) in [5.41, 5.74) is 0.277. The molecule has 0 unspecified atom stereocenters. The van der Waals surface area contributed by atoms with E-state index in [4.69, 9.17) is 9.15 Å². The topological polar surface area (TPSA) is 69.3 Å². The molecule has 0 bridgehead atoms. The van der Waals surface area contributed by atoms with Crippen LogP contribution >= 0.6 is 0 Å². The van der Waals surface area contributed by atoms with Gasteiger partial charge in [0, 0.05) is 6.20 Å². The Hall–Kier alpha value is -3.09. The smallest absolute Gasteiger partial charge is 0.272 e. The monoisotopic (exact) mass is 315 g/mol. The highest BCUT2D eigenvalue weighted by atomic mass is 19.1. The largest absolute Gasteiger partial charge is 0.471 e. The first-order valence-electron chi connectivity index (χ1n) is 6.93. The van der Waals surface area contributed by atoms with Crippen LogP contribution in [0.3, 0.4) is 0 Å². The van der Waals surface area contributed by atoms with Gasteiger partial charge in [-0.25, -0.2) is 9.07 Å². The maximum absolute atomic E-state index is 12.8. The third-order valence-electron chi connectivity index (χ3n) is 3.05. The van der Waals surface area contributed by atoms with Crippen molar-refractivity contribution in [3.63, 3.8) is 0 Å². The second-order valence-electron chi connectivity index (χ2n) is 4.73. The van der Waals surface area contributed by atoms with Crippen LogP contribution in [0.2, 0.25) is 0 Å². The molecule has 0 spiro atoms. The molecule has 1 N–H and O–H groups in total. The molecule has 0 aliphatic carbocycles. The highest BCUT2D eigenvalue weighted by Gasteiger charge is 2.10. The molecule has 6 nitrogen and oxygen atoms in total. The quantitative estimate of drug-likeness (QED) is 0.759. The minimum absolute atomic E-state index is 0.122. The number of hydrogen-bond donors (Lipinski definition) is 1. The van der Waals surface area contributed by atoms with Crippen LogP contribution in [0.25, 0.3) is 0 Å². The zero-order chi connectivity index (χ0) is 16.1. The summed E-state index contributed by atoms with van der Waals surface area (Å²) in [5, 5.41) is 6.82. The van der Waals surface area contributed by atoms with E-state index in [-0.39, 0.29) is 24.1 Å². The normalized spacial score (nSPS) is 10.5. The Morgan fingerprint density at radius 3 is 2.83 bits per heavy atom. The van der Waals surface area contributed by atoms with Gasteiger partial charge in [0.05, 0.1) is 12.8 Å². The number of hydrogen-bond acceptors (Lipinski definition) is 4. The van der Waals surface area contributed by atoms with Crippen LogP contribution in [0.15, 0.2) is 59.3 Å². The van der Waals surface area contributed by atoms with E-state index in [0.717, 1.165) is 0 Å². The minimum atomic E-state index is -0.327. The van der Waals surface area contributed by atoms with Crippen molar-refractivity contribution in [2.75, 3.05) is 0 Å². The Morgan fingerprint density at radius 2 is 2.09 bits per heavy atom. The Labute approximate surface area is 131 Å². The third-order valence-corrected chi connectivity index (χ3v) is 3.05. The van der Waals surface area contributed by atoms with Gasteiger partial charge in [0.1, 0.15) is 23.0 Å². The van der Waals surface area contributed by atoms with E-state index in [0.29, 0.717) is 18.1 Å². The Kier molecular flexibility index (Phi) is 4.37. The van der Waals surface area contributed by atoms with Crippen LogP contribution in [-0.4, -0.2) is 15.7 Å². The number of benzene rings is 1. The molecule has 0 fully saturated rings. The Morgan fingerprint density at radius 1 is 1.26 bits per heavy atom. The molecule has 1 aromatic carbocycles. The lowest BCUT2D eigenvalue weighted by atomic mass is 10.3. The molecular weight excluding hydrogens is 301 g/mol. The molecule has 3 aromatic rings. The standard InChI is InChI=1S/C16H14FN3O3/c17-12-3-5-13(6-4-12)23-11-20-8-7-15(19-20)16(21)18-10-14-2-1-9-22-14/h1-9H,10-11H2,(H,18,21). The van der Waals surface area contributed by atoms with Gasteiger partial charge in [-0.2, -0.15) is 5.10 Å². The summed E-state index contributed by atoms with van der Waals surface area (Å²) in [4.78, 5) is 12.0. The number of halogens is 1. The number of rotatable bonds is 6. The van der Waals surface area contributed by atoms with Crippen molar-refractivity contribution >= 4 is 5.91 Å². The molecule has 0 radical (unpaired) electrons. The Bertz CT molecular complexity index is 766. The van der Waals surface area contributed by atoms with Crippen molar-refractivity contribution in [2.24, 2.45) is 0 Å². The van der Waals surface area contributed by atoms with E-state index in [2.05, 4.69) is 10.4 Å². The number of nitrogens with zero attached hydrogens (tertiary/aromatic N) is 2. The van der Waals surface area contributed by atoms with Gasteiger partial charge in [-0.15, -0.1) is 0 Å². The molecule has 0 atom stereocenters. The summed E-state index contributed by atoms with van der Waals surface area (Å²) in [7, 11) is 0. The van der Waals surface area contributed by atoms with Crippen molar-refractivity contribution in [3.8, 4) is 5.75 Å². The first kappa shape index (κ1) is 14.8. The fourth-order valence-corrected chi connectivity index (χ4v) is 1.90. The van der Waals surface area contributed by atoms with Gasteiger partial charge in [-0.05, 0) is 42.5 Å². The molecule has 0 saturated carbocycles. The summed E-state index contributed by atoms with van der Waals surface area (Å²) in [6.45, 7) is 0.419. The molecule has 0 saturated heterocycles. The fraction of sp³-hybridized carbons (Fsp3) is 0.125. The van der Waals surface area contributed by atoms with Crippen molar-refractivity contribution in [2.45, 2.75) is 13.3 Å². The highest BCUT2D eigenvalue weighted by Crippen LogP contribution is 2.11. The van der Waals surface area contributed by atoms with E-state index in [9.17, 15) is 9.18 Å². The lowest BCUT2D eigenvalue weighted by molar-refractivity contribution is 0.0941. The van der Waals surface area contributed by atoms with E-state index in [1.54, 1.807) is 30.7 Å². The fourth-order valence-electron chi connectivity index (χ4n) is 1.90. The molecule has 118 valence electrons. The molecule has 7 heteroatoms. The van der Waals surface area contributed by atoms with Crippen molar-refractivity contribution in [1.82, 2.24) is 15.1 Å². The van der Waals surface area contributed by atoms with Crippen molar-refractivity contribution in [3.05, 3.63) is 72.2 Å². The minimum Gasteiger partial charge on any atom is -0.471 e. The average molecular weight is 315 g/mol. The summed E-state index contributed by atoms with van der Waals surface area (Å²) in [5.74, 6) is 0.553. The molecule has 23 heavy (non-hydrogen) atoms. The van der Waals surface area contributed by atoms with Crippen LogP contribution < -0.4 is 10.1 Å². The first-order chi connectivity index (χ1) is 11.2. The Balaban J connectivity index is 1.52. The first-order valence-corrected chi connectivity index (χ1v) is 6.93. The number of aromatic nitrogens is 2. The van der Waals surface area contributed by atoms with Crippen LogP contribution in [0.1, 0.15) is 16.2 Å². The number of ether oxygens (including phenoxy) is 1. The van der Waals surface area contributed by atoms with Crippen molar-refractivity contribution < 1.29 is 18.3 Å². The zero-order valence-electron chi connectivity index (χ0n) is 12.1. The number of carbonyl (C=O) groups excluding carboxylic acids is 1. The maximum Gasteiger partial charge on any atom is 0.272 e. The van der Waals surface area contributed by atoms with Gasteiger partial charge < -0.3 is 14.5 Å². The van der Waals surface area contributed by atoms with Gasteiger partial charge in [0.25, 0.3) is 5.91 Å². The van der Waals surface area contributed by atoms with Gasteiger partial charge in [0.2, 0.25) is 0 Å². The summed E-state index contributed by atoms with van der Waals surface area (Å²) in [6.07, 6.45) is 3.17. The second-order valence-corrected chi connectivity index (χ2v) is 4.73.